The van der Waals surface area contributed by atoms with Crippen molar-refractivity contribution < 1.29 is 72.3 Å². The van der Waals surface area contributed by atoms with Gasteiger partial charge in [-0.15, -0.1) is 0 Å². The topological polar surface area (TPSA) is 187 Å². The predicted octanol–water partition coefficient (Wildman–Crippen LogP) is 4.69. The molecular weight excluding hydrogens is 805 g/mol. The molecule has 21 atom stereocenters. The highest BCUT2D eigenvalue weighted by Gasteiger charge is 2.71. The second-order valence-corrected chi connectivity index (χ2v) is 19.8. The fraction of sp³-hybridized carbons (Fsp3) is 0.872. The summed E-state index contributed by atoms with van der Waals surface area (Å²) in [6.07, 6.45) is 0.173. The molecule has 3 N–H and O–H groups in total. The van der Waals surface area contributed by atoms with Crippen LogP contribution < -0.4 is 0 Å². The summed E-state index contributed by atoms with van der Waals surface area (Å²) in [7, 11) is 4.68. The summed E-state index contributed by atoms with van der Waals surface area (Å²) < 4.78 is 61.8. The number of rotatable bonds is 12. The van der Waals surface area contributed by atoms with Crippen LogP contribution in [0.2, 0.25) is 0 Å². The van der Waals surface area contributed by atoms with Crippen molar-refractivity contribution in [1.82, 2.24) is 0 Å². The van der Waals surface area contributed by atoms with Crippen LogP contribution in [-0.4, -0.2) is 146 Å². The van der Waals surface area contributed by atoms with Crippen LogP contribution >= 0.6 is 0 Å². The Hall–Kier alpha value is -1.86. The second kappa shape index (κ2) is 18.8. The van der Waals surface area contributed by atoms with Gasteiger partial charge < -0.3 is 62.7 Å². The maximum Gasteiger partial charge on any atom is 0.333 e. The van der Waals surface area contributed by atoms with Crippen molar-refractivity contribution in [2.45, 2.75) is 211 Å². The molecule has 3 heterocycles. The van der Waals surface area contributed by atoms with E-state index in [0.29, 0.717) is 44.1 Å². The summed E-state index contributed by atoms with van der Waals surface area (Å²) in [6, 6.07) is 0. The number of aliphatic hydroxyl groups excluding tert-OH is 2. The molecule has 62 heavy (non-hydrogen) atoms. The lowest BCUT2D eigenvalue weighted by atomic mass is 9.45. The average molecular weight is 879 g/mol. The molecule has 7 aliphatic rings. The smallest absolute Gasteiger partial charge is 0.333 e. The number of hydrogen-bond donors (Lipinski definition) is 3. The maximum absolute atomic E-state index is 13.3. The van der Waals surface area contributed by atoms with Gasteiger partial charge in [-0.25, -0.2) is 4.79 Å². The van der Waals surface area contributed by atoms with Crippen LogP contribution in [-0.2, 0) is 57.0 Å². The van der Waals surface area contributed by atoms with E-state index >= 15 is 0 Å². The van der Waals surface area contributed by atoms with Gasteiger partial charge in [0.2, 0.25) is 0 Å². The van der Waals surface area contributed by atoms with E-state index in [1.807, 2.05) is 27.7 Å². The summed E-state index contributed by atoms with van der Waals surface area (Å²) >= 11 is 0. The van der Waals surface area contributed by atoms with Gasteiger partial charge in [-0.1, -0.05) is 31.6 Å². The Morgan fingerprint density at radius 1 is 0.774 bits per heavy atom. The minimum absolute atomic E-state index is 0.0391. The number of hydrogen-bond acceptors (Lipinski definition) is 15. The van der Waals surface area contributed by atoms with Crippen LogP contribution in [0.25, 0.3) is 0 Å². The Morgan fingerprint density at radius 3 is 2.00 bits per heavy atom. The summed E-state index contributed by atoms with van der Waals surface area (Å²) in [5, 5.41) is 34.1. The fourth-order valence-electron chi connectivity index (χ4n) is 12.8. The molecule has 3 aliphatic heterocycles. The van der Waals surface area contributed by atoms with Crippen molar-refractivity contribution in [3.05, 3.63) is 23.3 Å². The highest BCUT2D eigenvalue weighted by Crippen LogP contribution is 2.68. The maximum atomic E-state index is 13.3. The standard InChI is InChI=1S/C47H74O15/c1-12-23(2)43(51)60-35-20-32-31(47(52)18-16-30(24(3)48)46(35,47)8)14-13-28-19-29(15-17-45(28,32)7)59-36-21-33(53-9)40(26(5)56-36)61-37-22-34(54-10)41(27(6)57-37)62-44-39(50)42(55-11)38(49)25(4)58-44/h12-13,25-27,29-42,44,49-50,52H,14-22H2,1-11H3/t25-,26-,27-,29+,30?,31?,32+,33+,34+,35?,36+,37+,38-,39-,40?,41-,42+,44+,45?,46?,47-/m1/s1. The van der Waals surface area contributed by atoms with E-state index in [1.54, 1.807) is 41.1 Å². The van der Waals surface area contributed by atoms with Gasteiger partial charge in [-0.05, 0) is 104 Å². The molecule has 7 rings (SSSR count). The lowest BCUT2D eigenvalue weighted by Crippen LogP contribution is -2.66. The fourth-order valence-corrected chi connectivity index (χ4v) is 12.8. The van der Waals surface area contributed by atoms with Gasteiger partial charge in [-0.2, -0.15) is 0 Å². The molecule has 6 unspecified atom stereocenters. The summed E-state index contributed by atoms with van der Waals surface area (Å²) in [6.45, 7) is 15.0. The molecule has 0 aromatic rings. The van der Waals surface area contributed by atoms with Crippen LogP contribution in [0.15, 0.2) is 23.3 Å². The SMILES string of the molecule is CC=C(C)C(=O)OC1C[C@H]2C(CC=C3C[C@@H](O[C@H]4C[C@H](OC)C(O[C@H]5C[C@H](OC)[C@H](O[C@@H]6O[C@H](C)[C@@H](O)[C@H](OC)[C@H]6O)[C@@H](C)O5)[C@@H](C)O4)CCC32C)[C@]2(O)CCC(C(C)=O)C12C. The molecule has 15 nitrogen and oxygen atoms in total. The highest BCUT2D eigenvalue weighted by atomic mass is 16.8. The molecule has 352 valence electrons. The molecular formula is C47H74O15. The lowest BCUT2D eigenvalue weighted by molar-refractivity contribution is -0.352. The zero-order chi connectivity index (χ0) is 45.1. The van der Waals surface area contributed by atoms with E-state index in [-0.39, 0.29) is 41.2 Å². The third kappa shape index (κ3) is 8.42. The minimum Gasteiger partial charge on any atom is -0.458 e. The molecule has 0 aromatic heterocycles. The van der Waals surface area contributed by atoms with Crippen molar-refractivity contribution in [2.24, 2.45) is 28.6 Å². The van der Waals surface area contributed by atoms with Gasteiger partial charge in [0, 0.05) is 51.1 Å². The van der Waals surface area contributed by atoms with Crippen molar-refractivity contribution in [3.63, 3.8) is 0 Å². The van der Waals surface area contributed by atoms with Crippen molar-refractivity contribution >= 4 is 11.8 Å². The largest absolute Gasteiger partial charge is 0.458 e. The first kappa shape index (κ1) is 48.1. The first-order valence-corrected chi connectivity index (χ1v) is 23.0. The van der Waals surface area contributed by atoms with Crippen LogP contribution in [0.5, 0.6) is 0 Å². The molecule has 0 aromatic carbocycles. The zero-order valence-corrected chi connectivity index (χ0v) is 38.7. The second-order valence-electron chi connectivity index (χ2n) is 19.8. The number of fused-ring (bicyclic) bond motifs is 5. The Bertz CT molecular complexity index is 1670. The Labute approximate surface area is 367 Å². The Morgan fingerprint density at radius 2 is 1.40 bits per heavy atom. The number of Topliss-reactive ketones (excluding diaryl/α,β-unsaturated/α-hetero) is 1. The van der Waals surface area contributed by atoms with E-state index in [9.17, 15) is 24.9 Å². The number of methoxy groups -OCH3 is 3. The highest BCUT2D eigenvalue weighted by molar-refractivity contribution is 5.88. The average Bonchev–Trinajstić information content (AvgIpc) is 3.53. The first-order valence-electron chi connectivity index (χ1n) is 23.0. The van der Waals surface area contributed by atoms with E-state index in [4.69, 9.17) is 47.4 Å². The molecule has 0 bridgehead atoms. The number of esters is 1. The summed E-state index contributed by atoms with van der Waals surface area (Å²) in [5.41, 5.74) is -0.439. The summed E-state index contributed by atoms with van der Waals surface area (Å²) in [5.74, 6) is -0.727. The molecule has 0 amide bonds. The van der Waals surface area contributed by atoms with Crippen LogP contribution in [0, 0.1) is 28.6 Å². The quantitative estimate of drug-likeness (QED) is 0.139. The van der Waals surface area contributed by atoms with Gasteiger partial charge in [-0.3, -0.25) is 4.79 Å². The van der Waals surface area contributed by atoms with E-state index in [0.717, 1.165) is 19.3 Å². The summed E-state index contributed by atoms with van der Waals surface area (Å²) in [4.78, 5) is 26.4. The van der Waals surface area contributed by atoms with Gasteiger partial charge in [0.1, 0.15) is 42.4 Å². The molecule has 15 heteroatoms. The molecule has 6 fully saturated rings. The molecule has 0 spiro atoms. The lowest BCUT2D eigenvalue weighted by Gasteiger charge is -2.63. The Kier molecular flexibility index (Phi) is 14.6. The predicted molar refractivity (Wildman–Crippen MR) is 223 cm³/mol. The molecule has 3 saturated carbocycles. The minimum atomic E-state index is -1.22. The number of ketones is 1. The Balaban J connectivity index is 0.980. The van der Waals surface area contributed by atoms with Crippen LogP contribution in [0.4, 0.5) is 0 Å². The number of aliphatic hydroxyl groups is 3. The van der Waals surface area contributed by atoms with Crippen LogP contribution in [0.3, 0.4) is 0 Å². The monoisotopic (exact) mass is 879 g/mol. The van der Waals surface area contributed by atoms with Gasteiger partial charge >= 0.3 is 5.97 Å². The first-order chi connectivity index (χ1) is 29.3. The third-order valence-electron chi connectivity index (χ3n) is 16.6. The van der Waals surface area contributed by atoms with Gasteiger partial charge in [0.05, 0.1) is 42.2 Å². The van der Waals surface area contributed by atoms with Crippen molar-refractivity contribution in [2.75, 3.05) is 21.3 Å². The van der Waals surface area contributed by atoms with Gasteiger partial charge in [0.25, 0.3) is 0 Å². The molecule has 4 aliphatic carbocycles. The van der Waals surface area contributed by atoms with E-state index in [1.165, 1.54) is 12.7 Å². The number of carbonyl (C=O) groups excluding carboxylic acids is 2. The normalized spacial score (nSPS) is 49.6. The molecule has 0 radical (unpaired) electrons. The number of allylic oxidation sites excluding steroid dienone is 2. The third-order valence-corrected chi connectivity index (χ3v) is 16.6. The van der Waals surface area contributed by atoms with Gasteiger partial charge in [0.15, 0.2) is 18.9 Å². The zero-order valence-electron chi connectivity index (χ0n) is 38.7. The van der Waals surface area contributed by atoms with Crippen molar-refractivity contribution in [3.8, 4) is 0 Å². The number of ether oxygens (including phenoxy) is 10. The van der Waals surface area contributed by atoms with Crippen LogP contribution in [0.1, 0.15) is 113 Å². The van der Waals surface area contributed by atoms with E-state index in [2.05, 4.69) is 13.0 Å². The number of carbonyl (C=O) groups is 2. The van der Waals surface area contributed by atoms with E-state index < -0.39 is 96.9 Å². The van der Waals surface area contributed by atoms with Crippen molar-refractivity contribution in [1.29, 1.82) is 0 Å². The molecule has 3 saturated heterocycles.